The number of nitrogens with zero attached hydrogens (tertiary/aromatic N) is 4. The summed E-state index contributed by atoms with van der Waals surface area (Å²) in [5.74, 6) is 6.04. The van der Waals surface area contributed by atoms with Gasteiger partial charge in [-0.15, -0.1) is 0 Å². The summed E-state index contributed by atoms with van der Waals surface area (Å²) in [4.78, 5) is 26.1. The van der Waals surface area contributed by atoms with E-state index in [4.69, 9.17) is 0 Å². The van der Waals surface area contributed by atoms with Crippen LogP contribution in [0.1, 0.15) is 32.6 Å². The molecule has 0 bridgehead atoms. The predicted molar refractivity (Wildman–Crippen MR) is 154 cm³/mol. The molecule has 9 heteroatoms. The highest BCUT2D eigenvalue weighted by molar-refractivity contribution is 7.08. The van der Waals surface area contributed by atoms with Crippen LogP contribution in [-0.4, -0.2) is 58.9 Å². The Bertz CT molecular complexity index is 1500. The molecule has 1 fully saturated rings. The van der Waals surface area contributed by atoms with E-state index in [1.807, 2.05) is 29.8 Å². The lowest BCUT2D eigenvalue weighted by atomic mass is 10.0. The monoisotopic (exact) mass is 540 g/mol. The lowest BCUT2D eigenvalue weighted by molar-refractivity contribution is 0.102. The lowest BCUT2D eigenvalue weighted by Crippen LogP contribution is -2.44. The van der Waals surface area contributed by atoms with E-state index in [0.717, 1.165) is 43.0 Å². The fourth-order valence-corrected chi connectivity index (χ4v) is 4.75. The van der Waals surface area contributed by atoms with Crippen LogP contribution in [0.3, 0.4) is 0 Å². The smallest absolute Gasteiger partial charge is 0.255 e. The summed E-state index contributed by atoms with van der Waals surface area (Å²) >= 11 is 1.59. The number of halogens is 1. The van der Waals surface area contributed by atoms with Crippen molar-refractivity contribution in [2.45, 2.75) is 13.5 Å². The Labute approximate surface area is 231 Å². The van der Waals surface area contributed by atoms with Crippen molar-refractivity contribution in [3.05, 3.63) is 99.3 Å². The fourth-order valence-electron chi connectivity index (χ4n) is 4.16. The number of anilines is 3. The molecule has 2 aromatic carbocycles. The lowest BCUT2D eigenvalue weighted by Gasteiger charge is -2.32. The average Bonchev–Trinajstić information content (AvgIpc) is 3.45. The molecule has 0 spiro atoms. The SMILES string of the molecule is Cc1ccc(C(=O)Nc2ccc(CN3CCN(C)CC3)c(F)c2)cc1C#Cc1cnc(Nc2ccsc2)nc1. The van der Waals surface area contributed by atoms with Crippen LogP contribution >= 0.6 is 11.3 Å². The van der Waals surface area contributed by atoms with Gasteiger partial charge in [0.15, 0.2) is 0 Å². The second-order valence-corrected chi connectivity index (χ2v) is 10.3. The summed E-state index contributed by atoms with van der Waals surface area (Å²) in [5, 5.41) is 9.89. The number of likely N-dealkylation sites (N-methyl/N-ethyl adjacent to an activating group) is 1. The minimum atomic E-state index is -0.323. The highest BCUT2D eigenvalue weighted by Crippen LogP contribution is 2.19. The van der Waals surface area contributed by atoms with Crippen LogP contribution in [0.2, 0.25) is 0 Å². The van der Waals surface area contributed by atoms with Crippen molar-refractivity contribution in [2.75, 3.05) is 43.9 Å². The third-order valence-electron chi connectivity index (χ3n) is 6.57. The standard InChI is InChI=1S/C30H29FN6OS/c1-21-3-5-24(15-23(21)6-4-22-17-32-30(33-18-22)35-27-9-14-39-20-27)29(38)34-26-8-7-25(28(31)16-26)19-37-12-10-36(2)11-13-37/h3,5,7-9,14-18,20H,10-13,19H2,1-2H3,(H,34,38)(H,32,33,35). The summed E-state index contributed by atoms with van der Waals surface area (Å²) in [7, 11) is 2.10. The van der Waals surface area contributed by atoms with E-state index in [-0.39, 0.29) is 11.7 Å². The number of amides is 1. The molecule has 1 saturated heterocycles. The number of aromatic nitrogens is 2. The maximum absolute atomic E-state index is 14.8. The summed E-state index contributed by atoms with van der Waals surface area (Å²) in [5.41, 5.74) is 4.75. The number of thiophene rings is 1. The molecule has 198 valence electrons. The molecule has 7 nitrogen and oxygen atoms in total. The number of piperazine rings is 1. The first-order valence-electron chi connectivity index (χ1n) is 12.7. The molecule has 0 aliphatic carbocycles. The molecule has 3 heterocycles. The molecule has 1 aliphatic heterocycles. The van der Waals surface area contributed by atoms with Crippen LogP contribution < -0.4 is 10.6 Å². The number of benzene rings is 2. The first-order chi connectivity index (χ1) is 18.9. The molecule has 0 saturated carbocycles. The molecular weight excluding hydrogens is 511 g/mol. The Balaban J connectivity index is 1.23. The molecule has 0 atom stereocenters. The van der Waals surface area contributed by atoms with E-state index >= 15 is 0 Å². The average molecular weight is 541 g/mol. The highest BCUT2D eigenvalue weighted by atomic mass is 32.1. The maximum atomic E-state index is 14.8. The molecule has 0 radical (unpaired) electrons. The van der Waals surface area contributed by atoms with Crippen molar-refractivity contribution in [1.29, 1.82) is 0 Å². The maximum Gasteiger partial charge on any atom is 0.255 e. The summed E-state index contributed by atoms with van der Waals surface area (Å²) in [6.07, 6.45) is 3.31. The van der Waals surface area contributed by atoms with E-state index in [2.05, 4.69) is 49.3 Å². The van der Waals surface area contributed by atoms with Crippen LogP contribution in [0.15, 0.2) is 65.6 Å². The largest absolute Gasteiger partial charge is 0.323 e. The number of rotatable bonds is 6. The first-order valence-corrected chi connectivity index (χ1v) is 13.6. The zero-order valence-corrected chi connectivity index (χ0v) is 22.7. The summed E-state index contributed by atoms with van der Waals surface area (Å²) in [6.45, 7) is 6.28. The van der Waals surface area contributed by atoms with Crippen LogP contribution in [0.5, 0.6) is 0 Å². The van der Waals surface area contributed by atoms with Gasteiger partial charge in [-0.25, -0.2) is 14.4 Å². The molecule has 39 heavy (non-hydrogen) atoms. The first kappa shape index (κ1) is 26.5. The van der Waals surface area contributed by atoms with Crippen LogP contribution in [0.4, 0.5) is 21.7 Å². The van der Waals surface area contributed by atoms with E-state index in [9.17, 15) is 9.18 Å². The molecule has 1 amide bonds. The van der Waals surface area contributed by atoms with Gasteiger partial charge >= 0.3 is 0 Å². The van der Waals surface area contributed by atoms with E-state index in [0.29, 0.717) is 34.9 Å². The van der Waals surface area contributed by atoms with Gasteiger partial charge in [0.1, 0.15) is 5.82 Å². The Morgan fingerprint density at radius 2 is 1.82 bits per heavy atom. The van der Waals surface area contributed by atoms with Crippen molar-refractivity contribution >= 4 is 34.6 Å². The van der Waals surface area contributed by atoms with E-state index in [1.165, 1.54) is 6.07 Å². The van der Waals surface area contributed by atoms with Crippen molar-refractivity contribution in [2.24, 2.45) is 0 Å². The van der Waals surface area contributed by atoms with Crippen LogP contribution in [0, 0.1) is 24.6 Å². The van der Waals surface area contributed by atoms with E-state index < -0.39 is 0 Å². The Kier molecular flexibility index (Phi) is 8.27. The number of aryl methyl sites for hydroxylation is 1. The molecule has 0 unspecified atom stereocenters. The fraction of sp³-hybridized carbons (Fsp3) is 0.233. The zero-order valence-electron chi connectivity index (χ0n) is 21.9. The minimum absolute atomic E-state index is 0.319. The van der Waals surface area contributed by atoms with Gasteiger partial charge in [0.05, 0.1) is 11.3 Å². The molecule has 2 aromatic heterocycles. The van der Waals surface area contributed by atoms with Gasteiger partial charge in [-0.3, -0.25) is 9.69 Å². The quantitative estimate of drug-likeness (QED) is 0.331. The number of nitrogens with one attached hydrogen (secondary N) is 2. The Morgan fingerprint density at radius 1 is 1.03 bits per heavy atom. The van der Waals surface area contributed by atoms with Gasteiger partial charge in [-0.1, -0.05) is 24.0 Å². The highest BCUT2D eigenvalue weighted by Gasteiger charge is 2.16. The van der Waals surface area contributed by atoms with Gasteiger partial charge in [-0.05, 0) is 55.2 Å². The molecule has 4 aromatic rings. The molecule has 5 rings (SSSR count). The third kappa shape index (κ3) is 7.06. The minimum Gasteiger partial charge on any atom is -0.323 e. The molecular formula is C30H29FN6OS. The van der Waals surface area contributed by atoms with Gasteiger partial charge < -0.3 is 15.5 Å². The second kappa shape index (κ2) is 12.2. The topological polar surface area (TPSA) is 73.4 Å². The third-order valence-corrected chi connectivity index (χ3v) is 7.25. The van der Waals surface area contributed by atoms with E-state index in [1.54, 1.807) is 48.0 Å². The van der Waals surface area contributed by atoms with Gasteiger partial charge in [-0.2, -0.15) is 11.3 Å². The number of hydrogen-bond acceptors (Lipinski definition) is 7. The Hall–Kier alpha value is -4.10. The van der Waals surface area contributed by atoms with Crippen molar-refractivity contribution < 1.29 is 9.18 Å². The summed E-state index contributed by atoms with van der Waals surface area (Å²) < 4.78 is 14.8. The van der Waals surface area contributed by atoms with Crippen molar-refractivity contribution in [1.82, 2.24) is 19.8 Å². The van der Waals surface area contributed by atoms with Crippen molar-refractivity contribution in [3.8, 4) is 11.8 Å². The number of carbonyl (C=O) groups excluding carboxylic acids is 1. The summed E-state index contributed by atoms with van der Waals surface area (Å²) in [6, 6.07) is 12.2. The predicted octanol–water partition coefficient (Wildman–Crippen LogP) is 5.13. The van der Waals surface area contributed by atoms with Gasteiger partial charge in [0.25, 0.3) is 5.91 Å². The normalized spacial score (nSPS) is 13.9. The second-order valence-electron chi connectivity index (χ2n) is 9.55. The van der Waals surface area contributed by atoms with Gasteiger partial charge in [0.2, 0.25) is 5.95 Å². The van der Waals surface area contributed by atoms with Gasteiger partial charge in [0, 0.05) is 72.9 Å². The number of hydrogen-bond donors (Lipinski definition) is 2. The van der Waals surface area contributed by atoms with Crippen molar-refractivity contribution in [3.63, 3.8) is 0 Å². The molecule has 2 N–H and O–H groups in total. The number of carbonyl (C=O) groups is 1. The van der Waals surface area contributed by atoms with Crippen LogP contribution in [-0.2, 0) is 6.54 Å². The molecule has 1 aliphatic rings. The zero-order chi connectivity index (χ0) is 27.2. The Morgan fingerprint density at radius 3 is 2.54 bits per heavy atom. The van der Waals surface area contributed by atoms with Crippen LogP contribution in [0.25, 0.3) is 0 Å².